The molecule has 2 rings (SSSR count). The number of amides is 1. The van der Waals surface area contributed by atoms with E-state index in [2.05, 4.69) is 25.7 Å². The number of carbonyl (C=O) groups is 1. The molecule has 1 spiro atoms. The van der Waals surface area contributed by atoms with Crippen molar-refractivity contribution >= 4 is 5.91 Å². The van der Waals surface area contributed by atoms with Crippen LogP contribution >= 0.6 is 0 Å². The largest absolute Gasteiger partial charge is 0.366 e. The Morgan fingerprint density at radius 1 is 1.14 bits per heavy atom. The molecule has 2 atom stereocenters. The summed E-state index contributed by atoms with van der Waals surface area (Å²) in [5.41, 5.74) is 0.0878. The highest BCUT2D eigenvalue weighted by Gasteiger charge is 2.45. The molecule has 0 aromatic heterocycles. The average molecular weight is 310 g/mol. The number of nitrogens with zero attached hydrogens (tertiary/aromatic N) is 2. The lowest BCUT2D eigenvalue weighted by atomic mass is 9.86. The smallest absolute Gasteiger partial charge is 0.248 e. The van der Waals surface area contributed by atoms with Crippen LogP contribution in [0, 0.1) is 11.3 Å². The number of likely N-dealkylation sites (tertiary alicyclic amines) is 2. The fourth-order valence-corrected chi connectivity index (χ4v) is 3.59. The van der Waals surface area contributed by atoms with E-state index in [4.69, 9.17) is 4.74 Å². The van der Waals surface area contributed by atoms with Crippen LogP contribution in [0.1, 0.15) is 54.4 Å². The average Bonchev–Trinajstić information content (AvgIpc) is 3.02. The second kappa shape index (κ2) is 6.48. The number of hydrogen-bond acceptors (Lipinski definition) is 3. The van der Waals surface area contributed by atoms with Gasteiger partial charge in [0.05, 0.1) is 5.60 Å². The van der Waals surface area contributed by atoms with E-state index in [0.29, 0.717) is 17.4 Å². The molecule has 4 nitrogen and oxygen atoms in total. The summed E-state index contributed by atoms with van der Waals surface area (Å²) in [7, 11) is 0. The topological polar surface area (TPSA) is 32.8 Å². The van der Waals surface area contributed by atoms with E-state index in [0.717, 1.165) is 26.1 Å². The summed E-state index contributed by atoms with van der Waals surface area (Å²) in [6.45, 7) is 17.3. The first-order chi connectivity index (χ1) is 10.1. The molecule has 2 unspecified atom stereocenters. The zero-order valence-electron chi connectivity index (χ0n) is 15.3. The van der Waals surface area contributed by atoms with Gasteiger partial charge in [-0.2, -0.15) is 0 Å². The zero-order chi connectivity index (χ0) is 16.5. The van der Waals surface area contributed by atoms with Gasteiger partial charge in [0.2, 0.25) is 5.91 Å². The van der Waals surface area contributed by atoms with Gasteiger partial charge in [-0.15, -0.1) is 0 Å². The fourth-order valence-electron chi connectivity index (χ4n) is 3.59. The lowest BCUT2D eigenvalue weighted by molar-refractivity contribution is -0.140. The molecule has 0 N–H and O–H groups in total. The fraction of sp³-hybridized carbons (Fsp3) is 0.944. The molecule has 2 fully saturated rings. The van der Waals surface area contributed by atoms with Crippen LogP contribution in [0.25, 0.3) is 0 Å². The molecule has 2 heterocycles. The molecule has 4 heteroatoms. The molecular formula is C18H34N2O2. The molecule has 0 aliphatic carbocycles. The van der Waals surface area contributed by atoms with Crippen molar-refractivity contribution in [1.82, 2.24) is 9.80 Å². The zero-order valence-corrected chi connectivity index (χ0v) is 15.3. The van der Waals surface area contributed by atoms with Gasteiger partial charge < -0.3 is 9.64 Å². The lowest BCUT2D eigenvalue weighted by Gasteiger charge is -2.30. The number of hydrogen-bond donors (Lipinski definition) is 0. The highest BCUT2D eigenvalue weighted by atomic mass is 16.5. The Bertz CT molecular complexity index is 402. The molecule has 0 saturated carbocycles. The molecule has 128 valence electrons. The van der Waals surface area contributed by atoms with E-state index in [1.54, 1.807) is 0 Å². The Morgan fingerprint density at radius 2 is 1.77 bits per heavy atom. The normalized spacial score (nSPS) is 28.0. The third-order valence-corrected chi connectivity index (χ3v) is 5.43. The van der Waals surface area contributed by atoms with Gasteiger partial charge in [-0.25, -0.2) is 0 Å². The maximum atomic E-state index is 12.3. The lowest BCUT2D eigenvalue weighted by Crippen LogP contribution is -2.39. The molecule has 2 aliphatic heterocycles. The first-order valence-corrected chi connectivity index (χ1v) is 8.78. The molecule has 2 aliphatic rings. The standard InChI is InChI=1S/C18H34N2O2/c1-14(2)15(3)19-9-7-18(12-19)8-10-20(13-18)16(21)11-22-17(4,5)6/h14-15H,7-13H2,1-6H3. The quantitative estimate of drug-likeness (QED) is 0.800. The van der Waals surface area contributed by atoms with E-state index < -0.39 is 0 Å². The molecule has 1 amide bonds. The van der Waals surface area contributed by atoms with Gasteiger partial charge in [-0.1, -0.05) is 13.8 Å². The molecular weight excluding hydrogens is 276 g/mol. The summed E-state index contributed by atoms with van der Waals surface area (Å²) in [4.78, 5) is 17.0. The highest BCUT2D eigenvalue weighted by Crippen LogP contribution is 2.40. The Kier molecular flexibility index (Phi) is 5.23. The minimum atomic E-state index is -0.246. The van der Waals surface area contributed by atoms with Gasteiger partial charge in [0, 0.05) is 31.1 Å². The monoisotopic (exact) mass is 310 g/mol. The Morgan fingerprint density at radius 3 is 2.36 bits per heavy atom. The minimum Gasteiger partial charge on any atom is -0.366 e. The van der Waals surface area contributed by atoms with Crippen molar-refractivity contribution in [1.29, 1.82) is 0 Å². The predicted octanol–water partition coefficient (Wildman–Crippen LogP) is 2.77. The molecule has 22 heavy (non-hydrogen) atoms. The van der Waals surface area contributed by atoms with Crippen LogP contribution in [0.3, 0.4) is 0 Å². The van der Waals surface area contributed by atoms with Crippen molar-refractivity contribution < 1.29 is 9.53 Å². The van der Waals surface area contributed by atoms with Crippen molar-refractivity contribution in [2.45, 2.75) is 66.0 Å². The van der Waals surface area contributed by atoms with E-state index in [9.17, 15) is 4.79 Å². The SMILES string of the molecule is CC(C)C(C)N1CCC2(CCN(C(=O)COC(C)(C)C)C2)C1. The van der Waals surface area contributed by atoms with Crippen LogP contribution < -0.4 is 0 Å². The first-order valence-electron chi connectivity index (χ1n) is 8.78. The van der Waals surface area contributed by atoms with Crippen LogP contribution in [0.5, 0.6) is 0 Å². The molecule has 2 saturated heterocycles. The second-order valence-electron chi connectivity index (χ2n) is 8.67. The van der Waals surface area contributed by atoms with Gasteiger partial charge >= 0.3 is 0 Å². The molecule has 0 aromatic rings. The van der Waals surface area contributed by atoms with E-state index in [1.807, 2.05) is 25.7 Å². The predicted molar refractivity (Wildman–Crippen MR) is 89.8 cm³/mol. The Hall–Kier alpha value is -0.610. The van der Waals surface area contributed by atoms with Gasteiger partial charge in [0.1, 0.15) is 6.61 Å². The molecule has 0 aromatic carbocycles. The number of ether oxygens (including phenoxy) is 1. The van der Waals surface area contributed by atoms with Gasteiger partial charge in [0.25, 0.3) is 0 Å². The van der Waals surface area contributed by atoms with Crippen LogP contribution in [-0.2, 0) is 9.53 Å². The highest BCUT2D eigenvalue weighted by molar-refractivity contribution is 5.77. The van der Waals surface area contributed by atoms with Crippen LogP contribution in [0.4, 0.5) is 0 Å². The number of carbonyl (C=O) groups excluding carboxylic acids is 1. The summed E-state index contributed by atoms with van der Waals surface area (Å²) < 4.78 is 5.64. The van der Waals surface area contributed by atoms with Gasteiger partial charge in [-0.3, -0.25) is 9.69 Å². The molecule has 0 radical (unpaired) electrons. The minimum absolute atomic E-state index is 0.155. The Balaban J connectivity index is 1.86. The van der Waals surface area contributed by atoms with E-state index in [-0.39, 0.29) is 18.1 Å². The van der Waals surface area contributed by atoms with Crippen LogP contribution in [0.2, 0.25) is 0 Å². The molecule has 0 bridgehead atoms. The third-order valence-electron chi connectivity index (χ3n) is 5.43. The summed E-state index contributed by atoms with van der Waals surface area (Å²) in [5, 5.41) is 0. The Labute approximate surface area is 136 Å². The summed E-state index contributed by atoms with van der Waals surface area (Å²) >= 11 is 0. The maximum absolute atomic E-state index is 12.3. The third kappa shape index (κ3) is 4.23. The number of rotatable bonds is 4. The van der Waals surface area contributed by atoms with Crippen LogP contribution in [-0.4, -0.2) is 60.1 Å². The summed E-state index contributed by atoms with van der Waals surface area (Å²) in [5.74, 6) is 0.844. The van der Waals surface area contributed by atoms with E-state index >= 15 is 0 Å². The van der Waals surface area contributed by atoms with Crippen molar-refractivity contribution in [2.75, 3.05) is 32.8 Å². The van der Waals surface area contributed by atoms with Gasteiger partial charge in [-0.05, 0) is 53.0 Å². The van der Waals surface area contributed by atoms with Crippen molar-refractivity contribution in [2.24, 2.45) is 11.3 Å². The maximum Gasteiger partial charge on any atom is 0.248 e. The summed E-state index contributed by atoms with van der Waals surface area (Å²) in [6.07, 6.45) is 2.38. The van der Waals surface area contributed by atoms with Gasteiger partial charge in [0.15, 0.2) is 0 Å². The van der Waals surface area contributed by atoms with Crippen molar-refractivity contribution in [3.05, 3.63) is 0 Å². The van der Waals surface area contributed by atoms with E-state index in [1.165, 1.54) is 13.0 Å². The van der Waals surface area contributed by atoms with Crippen LogP contribution in [0.15, 0.2) is 0 Å². The first kappa shape index (κ1) is 17.7. The van der Waals surface area contributed by atoms with Crippen molar-refractivity contribution in [3.63, 3.8) is 0 Å². The second-order valence-corrected chi connectivity index (χ2v) is 8.67. The van der Waals surface area contributed by atoms with Crippen molar-refractivity contribution in [3.8, 4) is 0 Å². The summed E-state index contributed by atoms with van der Waals surface area (Å²) in [6, 6.07) is 0.633.